The van der Waals surface area contributed by atoms with E-state index in [9.17, 15) is 0 Å². The molecule has 0 bridgehead atoms. The van der Waals surface area contributed by atoms with Gasteiger partial charge in [0.2, 0.25) is 0 Å². The fourth-order valence-corrected chi connectivity index (χ4v) is 1.31. The number of hydrogen-bond donors (Lipinski definition) is 1. The Morgan fingerprint density at radius 1 is 1.18 bits per heavy atom. The number of nitrogens with one attached hydrogen (secondary N) is 1. The maximum absolute atomic E-state index is 3.73. The van der Waals surface area contributed by atoms with Crippen LogP contribution in [0.1, 0.15) is 38.7 Å². The molecule has 1 aromatic rings. The molecule has 2 nitrogen and oxygen atoms in total. The predicted molar refractivity (Wildman–Crippen MR) is 77.8 cm³/mol. The number of aliphatic imine (C=N–C) groups is 1. The monoisotopic (exact) mass is 234 g/mol. The normalized spacial score (nSPS) is 10.1. The summed E-state index contributed by atoms with van der Waals surface area (Å²) < 4.78 is 0. The highest BCUT2D eigenvalue weighted by molar-refractivity contribution is 5.56. The molecule has 1 aromatic carbocycles. The van der Waals surface area contributed by atoms with E-state index >= 15 is 0 Å². The topological polar surface area (TPSA) is 24.4 Å². The average molecular weight is 234 g/mol. The lowest BCUT2D eigenvalue weighted by Gasteiger charge is -2.02. The first-order valence-electron chi connectivity index (χ1n) is 6.50. The summed E-state index contributed by atoms with van der Waals surface area (Å²) in [4.78, 5) is 3.73. The van der Waals surface area contributed by atoms with Crippen molar-refractivity contribution in [2.75, 3.05) is 13.6 Å². The summed E-state index contributed by atoms with van der Waals surface area (Å²) in [6.45, 7) is 6.41. The van der Waals surface area contributed by atoms with E-state index in [0.717, 1.165) is 19.5 Å². The molecule has 0 aromatic heterocycles. The molecule has 0 heterocycles. The fourth-order valence-electron chi connectivity index (χ4n) is 1.31. The molecule has 0 radical (unpaired) electrons. The highest BCUT2D eigenvalue weighted by Crippen LogP contribution is 1.97. The third-order valence-electron chi connectivity index (χ3n) is 2.24. The van der Waals surface area contributed by atoms with Crippen LogP contribution >= 0.6 is 0 Å². The molecule has 0 saturated heterocycles. The molecule has 17 heavy (non-hydrogen) atoms. The summed E-state index contributed by atoms with van der Waals surface area (Å²) >= 11 is 0. The standard InChI is InChI=1S/C11H17N.C4H9N/c1-2-3-9-12-10-11-7-5-4-6-8-11;1-3-4-5-2/h4-8,12H,2-3,9-10H2,1H3;4H,3H2,1-2H3. The lowest BCUT2D eigenvalue weighted by Crippen LogP contribution is -2.14. The number of benzene rings is 1. The van der Waals surface area contributed by atoms with Crippen LogP contribution in [0.5, 0.6) is 0 Å². The Balaban J connectivity index is 0.000000437. The van der Waals surface area contributed by atoms with Crippen molar-refractivity contribution in [1.82, 2.24) is 5.32 Å². The fraction of sp³-hybridized carbons (Fsp3) is 0.533. The van der Waals surface area contributed by atoms with E-state index in [0.29, 0.717) is 0 Å². The van der Waals surface area contributed by atoms with E-state index in [-0.39, 0.29) is 0 Å². The first kappa shape index (κ1) is 15.9. The summed E-state index contributed by atoms with van der Waals surface area (Å²) in [5.74, 6) is 0. The summed E-state index contributed by atoms with van der Waals surface area (Å²) in [6.07, 6.45) is 5.46. The van der Waals surface area contributed by atoms with Gasteiger partial charge in [-0.05, 0) is 31.2 Å². The van der Waals surface area contributed by atoms with E-state index in [2.05, 4.69) is 54.5 Å². The SMILES string of the molecule is CCC=NC.CCCCNCc1ccccc1. The Morgan fingerprint density at radius 2 is 1.88 bits per heavy atom. The maximum Gasteiger partial charge on any atom is 0.0273 e. The van der Waals surface area contributed by atoms with Crippen LogP contribution < -0.4 is 5.32 Å². The third-order valence-corrected chi connectivity index (χ3v) is 2.24. The second-order valence-electron chi connectivity index (χ2n) is 3.86. The van der Waals surface area contributed by atoms with E-state index in [1.807, 2.05) is 6.21 Å². The molecule has 0 unspecified atom stereocenters. The van der Waals surface area contributed by atoms with Gasteiger partial charge in [0, 0.05) is 13.6 Å². The molecular weight excluding hydrogens is 208 g/mol. The molecule has 2 heteroatoms. The second kappa shape index (κ2) is 12.9. The minimum Gasteiger partial charge on any atom is -0.313 e. The molecule has 0 fully saturated rings. The van der Waals surface area contributed by atoms with Gasteiger partial charge in [-0.25, -0.2) is 0 Å². The number of hydrogen-bond acceptors (Lipinski definition) is 2. The zero-order valence-corrected chi connectivity index (χ0v) is 11.4. The van der Waals surface area contributed by atoms with Gasteiger partial charge in [0.1, 0.15) is 0 Å². The van der Waals surface area contributed by atoms with Gasteiger partial charge in [-0.3, -0.25) is 0 Å². The Bertz CT molecular complexity index is 268. The highest BCUT2D eigenvalue weighted by Gasteiger charge is 1.88. The van der Waals surface area contributed by atoms with Crippen molar-refractivity contribution >= 4 is 6.21 Å². The van der Waals surface area contributed by atoms with Gasteiger partial charge in [0.25, 0.3) is 0 Å². The largest absolute Gasteiger partial charge is 0.313 e. The van der Waals surface area contributed by atoms with E-state index in [1.165, 1.54) is 18.4 Å². The summed E-state index contributed by atoms with van der Waals surface area (Å²) in [5.41, 5.74) is 1.37. The van der Waals surface area contributed by atoms with Gasteiger partial charge in [-0.2, -0.15) is 0 Å². The molecular formula is C15H26N2. The van der Waals surface area contributed by atoms with Crippen molar-refractivity contribution in [1.29, 1.82) is 0 Å². The van der Waals surface area contributed by atoms with Gasteiger partial charge in [0.05, 0.1) is 0 Å². The zero-order chi connectivity index (χ0) is 12.8. The van der Waals surface area contributed by atoms with Crippen LogP contribution in [-0.4, -0.2) is 19.8 Å². The van der Waals surface area contributed by atoms with Crippen LogP contribution in [0.3, 0.4) is 0 Å². The van der Waals surface area contributed by atoms with Gasteiger partial charge in [0.15, 0.2) is 0 Å². The van der Waals surface area contributed by atoms with Crippen molar-refractivity contribution < 1.29 is 0 Å². The molecule has 0 spiro atoms. The Hall–Kier alpha value is -1.15. The molecule has 0 aliphatic rings. The lowest BCUT2D eigenvalue weighted by molar-refractivity contribution is 0.641. The van der Waals surface area contributed by atoms with Crippen molar-refractivity contribution in [2.24, 2.45) is 4.99 Å². The van der Waals surface area contributed by atoms with Gasteiger partial charge >= 0.3 is 0 Å². The van der Waals surface area contributed by atoms with Crippen molar-refractivity contribution in [3.63, 3.8) is 0 Å². The highest BCUT2D eigenvalue weighted by atomic mass is 14.8. The predicted octanol–water partition coefficient (Wildman–Crippen LogP) is 3.67. The summed E-state index contributed by atoms with van der Waals surface area (Å²) in [5, 5.41) is 3.40. The van der Waals surface area contributed by atoms with Crippen molar-refractivity contribution in [3.8, 4) is 0 Å². The van der Waals surface area contributed by atoms with Crippen molar-refractivity contribution in [2.45, 2.75) is 39.7 Å². The van der Waals surface area contributed by atoms with E-state index in [1.54, 1.807) is 7.05 Å². The number of nitrogens with zero attached hydrogens (tertiary/aromatic N) is 1. The minimum absolute atomic E-state index is 1.00. The Labute approximate surface area is 106 Å². The molecule has 1 rings (SSSR count). The molecule has 0 atom stereocenters. The van der Waals surface area contributed by atoms with Gasteiger partial charge in [-0.1, -0.05) is 50.6 Å². The lowest BCUT2D eigenvalue weighted by atomic mass is 10.2. The van der Waals surface area contributed by atoms with E-state index in [4.69, 9.17) is 0 Å². The summed E-state index contributed by atoms with van der Waals surface area (Å²) in [7, 11) is 1.78. The van der Waals surface area contributed by atoms with Gasteiger partial charge in [-0.15, -0.1) is 0 Å². The average Bonchev–Trinajstić information content (AvgIpc) is 2.38. The second-order valence-corrected chi connectivity index (χ2v) is 3.86. The molecule has 0 aliphatic heterocycles. The number of unbranched alkanes of at least 4 members (excludes halogenated alkanes) is 1. The smallest absolute Gasteiger partial charge is 0.0273 e. The zero-order valence-electron chi connectivity index (χ0n) is 11.4. The number of rotatable bonds is 6. The minimum atomic E-state index is 1.00. The Kier molecular flexibility index (Phi) is 12.0. The first-order valence-corrected chi connectivity index (χ1v) is 6.50. The van der Waals surface area contributed by atoms with Crippen molar-refractivity contribution in [3.05, 3.63) is 35.9 Å². The first-order chi connectivity index (χ1) is 8.35. The molecule has 0 amide bonds. The van der Waals surface area contributed by atoms with Crippen LogP contribution in [0.15, 0.2) is 35.3 Å². The molecule has 0 saturated carbocycles. The van der Waals surface area contributed by atoms with E-state index < -0.39 is 0 Å². The van der Waals surface area contributed by atoms with Crippen LogP contribution in [0.4, 0.5) is 0 Å². The van der Waals surface area contributed by atoms with Crippen LogP contribution in [0, 0.1) is 0 Å². The summed E-state index contributed by atoms with van der Waals surface area (Å²) in [6, 6.07) is 10.5. The molecule has 1 N–H and O–H groups in total. The van der Waals surface area contributed by atoms with Gasteiger partial charge < -0.3 is 10.3 Å². The third kappa shape index (κ3) is 11.1. The van der Waals surface area contributed by atoms with Crippen LogP contribution in [0.25, 0.3) is 0 Å². The quantitative estimate of drug-likeness (QED) is 0.589. The molecule has 0 aliphatic carbocycles. The van der Waals surface area contributed by atoms with Crippen LogP contribution in [0.2, 0.25) is 0 Å². The molecule has 96 valence electrons. The Morgan fingerprint density at radius 3 is 2.35 bits per heavy atom. The maximum atomic E-state index is 3.73. The van der Waals surface area contributed by atoms with Crippen LogP contribution in [-0.2, 0) is 6.54 Å².